The molecule has 0 unspecified atom stereocenters. The van der Waals surface area contributed by atoms with Crippen molar-refractivity contribution in [3.63, 3.8) is 0 Å². The van der Waals surface area contributed by atoms with Crippen LogP contribution in [0.25, 0.3) is 0 Å². The fraction of sp³-hybridized carbons (Fsp3) is 0.818. The first-order valence-corrected chi connectivity index (χ1v) is 5.81. The van der Waals surface area contributed by atoms with Crippen molar-refractivity contribution >= 4 is 12.0 Å². The van der Waals surface area contributed by atoms with Gasteiger partial charge in [0.15, 0.2) is 0 Å². The first-order chi connectivity index (χ1) is 7.84. The summed E-state index contributed by atoms with van der Waals surface area (Å²) in [6.07, 6.45) is 3.33. The molecule has 0 spiro atoms. The molecule has 0 aromatic rings. The Morgan fingerprint density at radius 3 is 2.41 bits per heavy atom. The summed E-state index contributed by atoms with van der Waals surface area (Å²) >= 11 is 0. The number of carboxylic acid groups (broad SMARTS) is 1. The molecule has 3 N–H and O–H groups in total. The summed E-state index contributed by atoms with van der Waals surface area (Å²) in [7, 11) is 1.56. The van der Waals surface area contributed by atoms with E-state index in [1.165, 1.54) is 11.8 Å². The van der Waals surface area contributed by atoms with Gasteiger partial charge in [-0.25, -0.2) is 4.79 Å². The molecule has 1 fully saturated rings. The van der Waals surface area contributed by atoms with E-state index in [-0.39, 0.29) is 6.54 Å². The molecule has 0 radical (unpaired) electrons. The average Bonchev–Trinajstić information content (AvgIpc) is 2.64. The van der Waals surface area contributed by atoms with Gasteiger partial charge in [0.2, 0.25) is 0 Å². The Balaban J connectivity index is 2.44. The van der Waals surface area contributed by atoms with Crippen LogP contribution >= 0.6 is 0 Å². The van der Waals surface area contributed by atoms with Crippen molar-refractivity contribution in [2.24, 2.45) is 0 Å². The van der Waals surface area contributed by atoms with Crippen molar-refractivity contribution in [3.8, 4) is 0 Å². The van der Waals surface area contributed by atoms with Gasteiger partial charge < -0.3 is 20.4 Å². The first kappa shape index (κ1) is 13.8. The zero-order chi connectivity index (χ0) is 13.1. The van der Waals surface area contributed by atoms with Crippen LogP contribution in [0.5, 0.6) is 0 Å². The SMILES string of the molecule is C[C@@H](NC(=O)N(C)CC1(O)CCCC1)C(=O)O. The average molecular weight is 244 g/mol. The Kier molecular flexibility index (Phi) is 4.34. The second-order valence-corrected chi connectivity index (χ2v) is 4.80. The summed E-state index contributed by atoms with van der Waals surface area (Å²) in [5.41, 5.74) is -0.807. The quantitative estimate of drug-likeness (QED) is 0.668. The van der Waals surface area contributed by atoms with Gasteiger partial charge in [0.1, 0.15) is 6.04 Å². The number of urea groups is 1. The van der Waals surface area contributed by atoms with Crippen LogP contribution in [0.2, 0.25) is 0 Å². The Morgan fingerprint density at radius 2 is 1.94 bits per heavy atom. The van der Waals surface area contributed by atoms with E-state index >= 15 is 0 Å². The number of carboxylic acids is 1. The highest BCUT2D eigenvalue weighted by atomic mass is 16.4. The molecule has 1 aliphatic rings. The first-order valence-electron chi connectivity index (χ1n) is 5.81. The van der Waals surface area contributed by atoms with Gasteiger partial charge in [0, 0.05) is 7.05 Å². The lowest BCUT2D eigenvalue weighted by Crippen LogP contribution is -2.49. The summed E-state index contributed by atoms with van der Waals surface area (Å²) in [6, 6.07) is -1.40. The predicted octanol–water partition coefficient (Wildman–Crippen LogP) is 0.406. The maximum atomic E-state index is 11.6. The van der Waals surface area contributed by atoms with Gasteiger partial charge in [0.25, 0.3) is 0 Å². The van der Waals surface area contributed by atoms with Crippen LogP contribution in [0, 0.1) is 0 Å². The van der Waals surface area contributed by atoms with E-state index in [1.807, 2.05) is 0 Å². The summed E-state index contributed by atoms with van der Waals surface area (Å²) in [6.45, 7) is 1.64. The van der Waals surface area contributed by atoms with Gasteiger partial charge in [-0.3, -0.25) is 4.79 Å². The Morgan fingerprint density at radius 1 is 1.41 bits per heavy atom. The summed E-state index contributed by atoms with van der Waals surface area (Å²) in [5, 5.41) is 21.1. The normalized spacial score (nSPS) is 19.7. The lowest BCUT2D eigenvalue weighted by Gasteiger charge is -2.29. The summed E-state index contributed by atoms with van der Waals surface area (Å²) in [5.74, 6) is -1.08. The van der Waals surface area contributed by atoms with Gasteiger partial charge >= 0.3 is 12.0 Å². The fourth-order valence-corrected chi connectivity index (χ4v) is 2.06. The molecular weight excluding hydrogens is 224 g/mol. The van der Waals surface area contributed by atoms with Crippen LogP contribution in [-0.4, -0.2) is 52.3 Å². The van der Waals surface area contributed by atoms with Gasteiger partial charge in [-0.2, -0.15) is 0 Å². The van der Waals surface area contributed by atoms with Gasteiger partial charge in [0.05, 0.1) is 12.1 Å². The number of aliphatic hydroxyl groups is 1. The number of likely N-dealkylation sites (N-methyl/N-ethyl adjacent to an activating group) is 1. The number of rotatable bonds is 4. The van der Waals surface area contributed by atoms with Crippen LogP contribution in [-0.2, 0) is 4.79 Å². The third kappa shape index (κ3) is 3.89. The Hall–Kier alpha value is -1.30. The van der Waals surface area contributed by atoms with Crippen LogP contribution in [0.1, 0.15) is 32.6 Å². The van der Waals surface area contributed by atoms with E-state index in [9.17, 15) is 14.7 Å². The number of carbonyl (C=O) groups excluding carboxylic acids is 1. The number of carbonyl (C=O) groups is 2. The maximum absolute atomic E-state index is 11.6. The van der Waals surface area contributed by atoms with Crippen molar-refractivity contribution in [2.45, 2.75) is 44.2 Å². The van der Waals surface area contributed by atoms with Gasteiger partial charge in [-0.1, -0.05) is 12.8 Å². The zero-order valence-electron chi connectivity index (χ0n) is 10.3. The van der Waals surface area contributed by atoms with Crippen LogP contribution in [0.3, 0.4) is 0 Å². The molecule has 0 bridgehead atoms. The van der Waals surface area contributed by atoms with E-state index in [0.29, 0.717) is 12.8 Å². The molecule has 0 heterocycles. The molecule has 1 aliphatic carbocycles. The molecule has 98 valence electrons. The highest BCUT2D eigenvalue weighted by Crippen LogP contribution is 2.29. The monoisotopic (exact) mass is 244 g/mol. The molecular formula is C11H20N2O4. The van der Waals surface area contributed by atoms with Crippen molar-refractivity contribution in [1.82, 2.24) is 10.2 Å². The van der Waals surface area contributed by atoms with E-state index in [2.05, 4.69) is 5.32 Å². The molecule has 1 atom stereocenters. The number of nitrogens with one attached hydrogen (secondary N) is 1. The maximum Gasteiger partial charge on any atom is 0.325 e. The summed E-state index contributed by atoms with van der Waals surface area (Å²) in [4.78, 5) is 23.5. The lowest BCUT2D eigenvalue weighted by molar-refractivity contribution is -0.138. The molecule has 17 heavy (non-hydrogen) atoms. The van der Waals surface area contributed by atoms with E-state index in [0.717, 1.165) is 12.8 Å². The molecule has 0 aromatic heterocycles. The Labute approximate surface area is 101 Å². The van der Waals surface area contributed by atoms with E-state index < -0.39 is 23.6 Å². The number of amides is 2. The molecule has 2 amide bonds. The number of nitrogens with zero attached hydrogens (tertiary/aromatic N) is 1. The highest BCUT2D eigenvalue weighted by Gasteiger charge is 2.33. The minimum absolute atomic E-state index is 0.241. The minimum atomic E-state index is -1.08. The largest absolute Gasteiger partial charge is 0.480 e. The highest BCUT2D eigenvalue weighted by molar-refractivity contribution is 5.82. The van der Waals surface area contributed by atoms with Crippen LogP contribution < -0.4 is 5.32 Å². The molecule has 1 rings (SSSR count). The van der Waals surface area contributed by atoms with Crippen molar-refractivity contribution in [1.29, 1.82) is 0 Å². The fourth-order valence-electron chi connectivity index (χ4n) is 2.06. The molecule has 0 aromatic carbocycles. The van der Waals surface area contributed by atoms with Crippen LogP contribution in [0.15, 0.2) is 0 Å². The molecule has 6 nitrogen and oxygen atoms in total. The van der Waals surface area contributed by atoms with Crippen molar-refractivity contribution in [3.05, 3.63) is 0 Å². The Bertz CT molecular complexity index is 300. The molecule has 0 aliphatic heterocycles. The zero-order valence-corrected chi connectivity index (χ0v) is 10.3. The molecule has 0 saturated heterocycles. The summed E-state index contributed by atoms with van der Waals surface area (Å²) < 4.78 is 0. The van der Waals surface area contributed by atoms with E-state index in [4.69, 9.17) is 5.11 Å². The van der Waals surface area contributed by atoms with Crippen LogP contribution in [0.4, 0.5) is 4.79 Å². The number of hydrogen-bond acceptors (Lipinski definition) is 3. The predicted molar refractivity (Wildman–Crippen MR) is 61.7 cm³/mol. The lowest BCUT2D eigenvalue weighted by atomic mass is 10.0. The smallest absolute Gasteiger partial charge is 0.325 e. The van der Waals surface area contributed by atoms with E-state index in [1.54, 1.807) is 7.05 Å². The van der Waals surface area contributed by atoms with Crippen molar-refractivity contribution in [2.75, 3.05) is 13.6 Å². The topological polar surface area (TPSA) is 89.9 Å². The number of aliphatic carboxylic acids is 1. The second kappa shape index (κ2) is 5.35. The molecule has 6 heteroatoms. The van der Waals surface area contributed by atoms with Crippen molar-refractivity contribution < 1.29 is 19.8 Å². The third-order valence-electron chi connectivity index (χ3n) is 3.12. The number of hydrogen-bond donors (Lipinski definition) is 3. The van der Waals surface area contributed by atoms with Gasteiger partial charge in [-0.05, 0) is 19.8 Å². The molecule has 1 saturated carbocycles. The second-order valence-electron chi connectivity index (χ2n) is 4.80. The van der Waals surface area contributed by atoms with Gasteiger partial charge in [-0.15, -0.1) is 0 Å². The third-order valence-corrected chi connectivity index (χ3v) is 3.12. The standard InChI is InChI=1S/C11H20N2O4/c1-8(9(14)15)12-10(16)13(2)7-11(17)5-3-4-6-11/h8,17H,3-7H2,1-2H3,(H,12,16)(H,14,15)/t8-/m1/s1. The minimum Gasteiger partial charge on any atom is -0.480 e.